The van der Waals surface area contributed by atoms with Gasteiger partial charge in [-0.15, -0.1) is 0 Å². The highest BCUT2D eigenvalue weighted by atomic mass is 16.4. The van der Waals surface area contributed by atoms with Gasteiger partial charge in [-0.05, 0) is 33.4 Å². The van der Waals surface area contributed by atoms with Crippen LogP contribution in [0.3, 0.4) is 0 Å². The molecule has 0 bridgehead atoms. The average molecular weight is 242 g/mol. The Bertz CT molecular complexity index is 304. The van der Waals surface area contributed by atoms with Crippen LogP contribution in [0.1, 0.15) is 32.6 Å². The van der Waals surface area contributed by atoms with E-state index in [1.165, 1.54) is 0 Å². The van der Waals surface area contributed by atoms with Crippen LogP contribution < -0.4 is 0 Å². The summed E-state index contributed by atoms with van der Waals surface area (Å²) < 4.78 is 0. The molecule has 1 rings (SSSR count). The lowest BCUT2D eigenvalue weighted by Gasteiger charge is -2.35. The third-order valence-electron chi connectivity index (χ3n) is 3.30. The Labute approximate surface area is 102 Å². The highest BCUT2D eigenvalue weighted by Crippen LogP contribution is 2.34. The summed E-state index contributed by atoms with van der Waals surface area (Å²) in [5.41, 5.74) is -0.957. The summed E-state index contributed by atoms with van der Waals surface area (Å²) in [7, 11) is 3.63. The molecule has 5 heteroatoms. The van der Waals surface area contributed by atoms with Crippen LogP contribution in [0.5, 0.6) is 0 Å². The molecule has 0 aliphatic carbocycles. The number of hydrogen-bond acceptors (Lipinski definition) is 3. The SMILES string of the molecule is CCCC1(C(=O)O)CCCN1C(=O)CN(C)C. The number of nitrogens with zero attached hydrogens (tertiary/aromatic N) is 2. The second-order valence-corrected chi connectivity index (χ2v) is 4.97. The van der Waals surface area contributed by atoms with Crippen LogP contribution >= 0.6 is 0 Å². The number of likely N-dealkylation sites (tertiary alicyclic amines) is 1. The van der Waals surface area contributed by atoms with Crippen molar-refractivity contribution in [2.75, 3.05) is 27.2 Å². The van der Waals surface area contributed by atoms with E-state index in [9.17, 15) is 14.7 Å². The number of carbonyl (C=O) groups is 2. The van der Waals surface area contributed by atoms with E-state index in [-0.39, 0.29) is 12.5 Å². The molecule has 0 saturated carbocycles. The van der Waals surface area contributed by atoms with Crippen molar-refractivity contribution in [2.45, 2.75) is 38.1 Å². The van der Waals surface area contributed by atoms with Crippen molar-refractivity contribution in [1.82, 2.24) is 9.80 Å². The first-order chi connectivity index (χ1) is 7.94. The molecule has 0 radical (unpaired) electrons. The third-order valence-corrected chi connectivity index (χ3v) is 3.30. The molecule has 1 amide bonds. The van der Waals surface area contributed by atoms with Gasteiger partial charge in [0.05, 0.1) is 6.54 Å². The van der Waals surface area contributed by atoms with Gasteiger partial charge in [-0.1, -0.05) is 13.3 Å². The van der Waals surface area contributed by atoms with Gasteiger partial charge >= 0.3 is 5.97 Å². The standard InChI is InChI=1S/C12H22N2O3/c1-4-6-12(11(16)17)7-5-8-14(12)10(15)9-13(2)3/h4-9H2,1-3H3,(H,16,17). The fourth-order valence-corrected chi connectivity index (χ4v) is 2.60. The molecule has 0 aromatic rings. The van der Waals surface area contributed by atoms with E-state index in [1.807, 2.05) is 21.0 Å². The van der Waals surface area contributed by atoms with Crippen molar-refractivity contribution in [2.24, 2.45) is 0 Å². The topological polar surface area (TPSA) is 60.9 Å². The lowest BCUT2D eigenvalue weighted by Crippen LogP contribution is -2.54. The Morgan fingerprint density at radius 2 is 2.06 bits per heavy atom. The lowest BCUT2D eigenvalue weighted by atomic mass is 9.90. The fraction of sp³-hybridized carbons (Fsp3) is 0.833. The van der Waals surface area contributed by atoms with Crippen LogP contribution in [-0.2, 0) is 9.59 Å². The largest absolute Gasteiger partial charge is 0.479 e. The average Bonchev–Trinajstić information content (AvgIpc) is 2.62. The minimum absolute atomic E-state index is 0.0802. The maximum Gasteiger partial charge on any atom is 0.329 e. The Balaban J connectivity index is 2.88. The van der Waals surface area contributed by atoms with E-state index >= 15 is 0 Å². The van der Waals surface area contributed by atoms with Crippen LogP contribution in [0, 0.1) is 0 Å². The third kappa shape index (κ3) is 2.77. The highest BCUT2D eigenvalue weighted by molar-refractivity contribution is 5.88. The van der Waals surface area contributed by atoms with Crippen molar-refractivity contribution < 1.29 is 14.7 Å². The van der Waals surface area contributed by atoms with E-state index < -0.39 is 11.5 Å². The molecule has 1 aliphatic heterocycles. The molecule has 0 spiro atoms. The zero-order chi connectivity index (χ0) is 13.1. The first kappa shape index (κ1) is 14.0. The van der Waals surface area contributed by atoms with Crippen molar-refractivity contribution in [3.05, 3.63) is 0 Å². The number of carboxylic acid groups (broad SMARTS) is 1. The summed E-state index contributed by atoms with van der Waals surface area (Å²) in [5, 5.41) is 9.44. The molecule has 17 heavy (non-hydrogen) atoms. The summed E-state index contributed by atoms with van der Waals surface area (Å²) in [6.45, 7) is 2.80. The Kier molecular flexibility index (Phi) is 4.51. The summed E-state index contributed by atoms with van der Waals surface area (Å²) in [6, 6.07) is 0. The number of carbonyl (C=O) groups excluding carboxylic acids is 1. The molecular formula is C12H22N2O3. The van der Waals surface area contributed by atoms with Crippen molar-refractivity contribution in [3.63, 3.8) is 0 Å². The van der Waals surface area contributed by atoms with Crippen molar-refractivity contribution >= 4 is 11.9 Å². The van der Waals surface area contributed by atoms with Gasteiger partial charge in [-0.25, -0.2) is 4.79 Å². The number of carboxylic acids is 1. The van der Waals surface area contributed by atoms with E-state index in [0.717, 1.165) is 12.8 Å². The molecule has 5 nitrogen and oxygen atoms in total. The molecule has 0 aromatic heterocycles. The number of rotatable bonds is 5. The molecule has 1 unspecified atom stereocenters. The molecule has 1 aliphatic rings. The lowest BCUT2D eigenvalue weighted by molar-refractivity contribution is -0.157. The minimum atomic E-state index is -0.957. The molecule has 1 atom stereocenters. The Morgan fingerprint density at radius 1 is 1.41 bits per heavy atom. The van der Waals surface area contributed by atoms with Gasteiger partial charge in [0, 0.05) is 6.54 Å². The van der Waals surface area contributed by atoms with Crippen LogP contribution in [0.25, 0.3) is 0 Å². The minimum Gasteiger partial charge on any atom is -0.479 e. The molecule has 1 fully saturated rings. The van der Waals surface area contributed by atoms with Gasteiger partial charge in [-0.3, -0.25) is 4.79 Å². The van der Waals surface area contributed by atoms with Gasteiger partial charge in [0.1, 0.15) is 5.54 Å². The van der Waals surface area contributed by atoms with E-state index in [2.05, 4.69) is 0 Å². The van der Waals surface area contributed by atoms with Crippen molar-refractivity contribution in [1.29, 1.82) is 0 Å². The summed E-state index contributed by atoms with van der Waals surface area (Å²) in [6.07, 6.45) is 2.68. The highest BCUT2D eigenvalue weighted by Gasteiger charge is 2.48. The second kappa shape index (κ2) is 5.49. The van der Waals surface area contributed by atoms with Crippen LogP contribution in [0.4, 0.5) is 0 Å². The zero-order valence-electron chi connectivity index (χ0n) is 10.9. The zero-order valence-corrected chi connectivity index (χ0v) is 10.9. The van der Waals surface area contributed by atoms with Gasteiger partial charge in [0.25, 0.3) is 0 Å². The van der Waals surface area contributed by atoms with E-state index in [1.54, 1.807) is 9.80 Å². The van der Waals surface area contributed by atoms with Gasteiger partial charge < -0.3 is 14.9 Å². The first-order valence-corrected chi connectivity index (χ1v) is 6.12. The molecular weight excluding hydrogens is 220 g/mol. The van der Waals surface area contributed by atoms with E-state index in [4.69, 9.17) is 0 Å². The Morgan fingerprint density at radius 3 is 2.53 bits per heavy atom. The normalized spacial score (nSPS) is 24.4. The smallest absolute Gasteiger partial charge is 0.329 e. The second-order valence-electron chi connectivity index (χ2n) is 4.97. The van der Waals surface area contributed by atoms with Crippen LogP contribution in [-0.4, -0.2) is 59.5 Å². The summed E-state index contributed by atoms with van der Waals surface area (Å²) in [5.74, 6) is -0.938. The van der Waals surface area contributed by atoms with Crippen LogP contribution in [0.15, 0.2) is 0 Å². The predicted octanol–water partition coefficient (Wildman–Crippen LogP) is 0.794. The number of aliphatic carboxylic acids is 1. The monoisotopic (exact) mass is 242 g/mol. The quantitative estimate of drug-likeness (QED) is 0.774. The molecule has 1 N–H and O–H groups in total. The number of likely N-dealkylation sites (N-methyl/N-ethyl adjacent to an activating group) is 1. The molecule has 0 aromatic carbocycles. The maximum absolute atomic E-state index is 12.1. The fourth-order valence-electron chi connectivity index (χ4n) is 2.60. The molecule has 1 heterocycles. The first-order valence-electron chi connectivity index (χ1n) is 6.12. The van der Waals surface area contributed by atoms with Gasteiger partial charge in [0.2, 0.25) is 5.91 Å². The summed E-state index contributed by atoms with van der Waals surface area (Å²) in [4.78, 5) is 26.9. The van der Waals surface area contributed by atoms with E-state index in [0.29, 0.717) is 19.4 Å². The van der Waals surface area contributed by atoms with Crippen molar-refractivity contribution in [3.8, 4) is 0 Å². The van der Waals surface area contributed by atoms with Gasteiger partial charge in [0.15, 0.2) is 0 Å². The molecule has 1 saturated heterocycles. The maximum atomic E-state index is 12.1. The number of hydrogen-bond donors (Lipinski definition) is 1. The van der Waals surface area contributed by atoms with Gasteiger partial charge in [-0.2, -0.15) is 0 Å². The summed E-state index contributed by atoms with van der Waals surface area (Å²) >= 11 is 0. The Hall–Kier alpha value is -1.10. The predicted molar refractivity (Wildman–Crippen MR) is 64.8 cm³/mol. The van der Waals surface area contributed by atoms with Crippen LogP contribution in [0.2, 0.25) is 0 Å². The molecule has 98 valence electrons. The number of amides is 1.